The van der Waals surface area contributed by atoms with Gasteiger partial charge in [0.15, 0.2) is 0 Å². The first-order valence-corrected chi connectivity index (χ1v) is 8.28. The molecule has 2 aromatic carbocycles. The van der Waals surface area contributed by atoms with E-state index < -0.39 is 0 Å². The Hall–Kier alpha value is -1.06. The Bertz CT molecular complexity index is 585. The van der Waals surface area contributed by atoms with Crippen LogP contribution in [0, 0.1) is 13.8 Å². The number of carbonyl (C=O) groups is 1. The van der Waals surface area contributed by atoms with Crippen LogP contribution in [0.1, 0.15) is 16.7 Å². The van der Waals surface area contributed by atoms with Gasteiger partial charge in [-0.25, -0.2) is 0 Å². The summed E-state index contributed by atoms with van der Waals surface area (Å²) in [4.78, 5) is 13.2. The van der Waals surface area contributed by atoms with Gasteiger partial charge in [0.25, 0.3) is 0 Å². The Balaban J connectivity index is 1.90. The summed E-state index contributed by atoms with van der Waals surface area (Å²) in [6.07, 6.45) is 0.520. The molecule has 0 N–H and O–H groups in total. The number of rotatable bonds is 5. The van der Waals surface area contributed by atoms with Gasteiger partial charge in [-0.15, -0.1) is 11.8 Å². The van der Waals surface area contributed by atoms with E-state index in [0.717, 1.165) is 14.9 Å². The lowest BCUT2D eigenvalue weighted by atomic mass is 10.0. The Kier molecular flexibility index (Phi) is 5.44. The van der Waals surface area contributed by atoms with Crippen LogP contribution < -0.4 is 0 Å². The lowest BCUT2D eigenvalue weighted by Gasteiger charge is -2.05. The van der Waals surface area contributed by atoms with Gasteiger partial charge in [0.2, 0.25) is 0 Å². The summed E-state index contributed by atoms with van der Waals surface area (Å²) >= 11 is 5.00. The van der Waals surface area contributed by atoms with Gasteiger partial charge in [-0.3, -0.25) is 4.79 Å². The first-order valence-electron chi connectivity index (χ1n) is 6.50. The Morgan fingerprint density at radius 1 is 1.05 bits per heavy atom. The van der Waals surface area contributed by atoms with E-state index >= 15 is 0 Å². The van der Waals surface area contributed by atoms with Crippen LogP contribution in [0.25, 0.3) is 0 Å². The van der Waals surface area contributed by atoms with Crippen molar-refractivity contribution in [3.05, 3.63) is 63.6 Å². The van der Waals surface area contributed by atoms with E-state index in [9.17, 15) is 4.79 Å². The molecule has 0 bridgehead atoms. The number of aryl methyl sites for hydroxylation is 2. The molecule has 0 radical (unpaired) electrons. The molecule has 0 heterocycles. The van der Waals surface area contributed by atoms with Crippen molar-refractivity contribution in [1.29, 1.82) is 0 Å². The van der Waals surface area contributed by atoms with Gasteiger partial charge in [-0.05, 0) is 43.7 Å². The topological polar surface area (TPSA) is 17.1 Å². The van der Waals surface area contributed by atoms with Gasteiger partial charge in [0.1, 0.15) is 5.78 Å². The number of benzene rings is 2. The van der Waals surface area contributed by atoms with Crippen LogP contribution in [0.3, 0.4) is 0 Å². The highest BCUT2D eigenvalue weighted by Crippen LogP contribution is 2.21. The van der Waals surface area contributed by atoms with Crippen molar-refractivity contribution in [3.63, 3.8) is 0 Å². The van der Waals surface area contributed by atoms with Gasteiger partial charge in [0.05, 0.1) is 5.75 Å². The average molecular weight is 349 g/mol. The first-order chi connectivity index (χ1) is 9.52. The number of halogens is 1. The van der Waals surface area contributed by atoms with Crippen molar-refractivity contribution in [3.8, 4) is 0 Å². The molecule has 0 aliphatic rings. The largest absolute Gasteiger partial charge is 0.298 e. The average Bonchev–Trinajstić information content (AvgIpc) is 2.37. The van der Waals surface area contributed by atoms with Crippen molar-refractivity contribution < 1.29 is 4.79 Å². The van der Waals surface area contributed by atoms with Crippen LogP contribution in [-0.2, 0) is 11.2 Å². The summed E-state index contributed by atoms with van der Waals surface area (Å²) < 4.78 is 1.06. The third-order valence-electron chi connectivity index (χ3n) is 2.90. The standard InChI is InChI=1S/C17H17BrOS/c1-12-7-13(2)9-14(8-12)10-16(19)11-20-17-5-3-15(18)4-6-17/h3-9H,10-11H2,1-2H3. The van der Waals surface area contributed by atoms with Crippen molar-refractivity contribution in [2.45, 2.75) is 25.2 Å². The zero-order valence-corrected chi connectivity index (χ0v) is 14.1. The Morgan fingerprint density at radius 2 is 1.65 bits per heavy atom. The second-order valence-corrected chi connectivity index (χ2v) is 6.92. The van der Waals surface area contributed by atoms with Crippen LogP contribution in [0.4, 0.5) is 0 Å². The maximum Gasteiger partial charge on any atom is 0.147 e. The zero-order valence-electron chi connectivity index (χ0n) is 11.7. The molecule has 0 atom stereocenters. The summed E-state index contributed by atoms with van der Waals surface area (Å²) in [6, 6.07) is 14.4. The molecule has 0 amide bonds. The summed E-state index contributed by atoms with van der Waals surface area (Å²) in [5.74, 6) is 0.789. The smallest absolute Gasteiger partial charge is 0.147 e. The van der Waals surface area contributed by atoms with Crippen LogP contribution in [-0.4, -0.2) is 11.5 Å². The molecule has 20 heavy (non-hydrogen) atoms. The van der Waals surface area contributed by atoms with E-state index in [1.807, 2.05) is 24.3 Å². The normalized spacial score (nSPS) is 10.6. The third kappa shape index (κ3) is 4.80. The van der Waals surface area contributed by atoms with E-state index in [1.165, 1.54) is 11.1 Å². The fourth-order valence-electron chi connectivity index (χ4n) is 2.14. The maximum absolute atomic E-state index is 12.0. The van der Waals surface area contributed by atoms with Crippen LogP contribution in [0.2, 0.25) is 0 Å². The van der Waals surface area contributed by atoms with Crippen molar-refractivity contribution >= 4 is 33.5 Å². The number of ketones is 1. The molecular weight excluding hydrogens is 332 g/mol. The molecule has 0 aliphatic carbocycles. The lowest BCUT2D eigenvalue weighted by Crippen LogP contribution is -2.06. The molecule has 0 saturated heterocycles. The van der Waals surface area contributed by atoms with Crippen molar-refractivity contribution in [1.82, 2.24) is 0 Å². The van der Waals surface area contributed by atoms with Gasteiger partial charge in [0, 0.05) is 15.8 Å². The molecule has 0 aliphatic heterocycles. The monoisotopic (exact) mass is 348 g/mol. The highest BCUT2D eigenvalue weighted by Gasteiger charge is 2.06. The van der Waals surface area contributed by atoms with Gasteiger partial charge < -0.3 is 0 Å². The number of Topliss-reactive ketones (excluding diaryl/α,β-unsaturated/α-hetero) is 1. The van der Waals surface area contributed by atoms with Crippen molar-refractivity contribution in [2.24, 2.45) is 0 Å². The minimum absolute atomic E-state index is 0.267. The molecule has 0 saturated carbocycles. The maximum atomic E-state index is 12.0. The molecule has 2 aromatic rings. The quantitative estimate of drug-likeness (QED) is 0.709. The predicted octanol–water partition coefficient (Wildman–Crippen LogP) is 4.97. The van der Waals surface area contributed by atoms with E-state index in [2.05, 4.69) is 48.0 Å². The number of hydrogen-bond donors (Lipinski definition) is 0. The van der Waals surface area contributed by atoms with E-state index in [4.69, 9.17) is 0 Å². The molecule has 0 fully saturated rings. The lowest BCUT2D eigenvalue weighted by molar-refractivity contribution is -0.116. The zero-order chi connectivity index (χ0) is 14.5. The molecular formula is C17H17BrOS. The minimum Gasteiger partial charge on any atom is -0.298 e. The van der Waals surface area contributed by atoms with E-state index in [0.29, 0.717) is 12.2 Å². The molecule has 0 spiro atoms. The summed E-state index contributed by atoms with van der Waals surface area (Å²) in [6.45, 7) is 4.13. The highest BCUT2D eigenvalue weighted by atomic mass is 79.9. The molecule has 104 valence electrons. The fraction of sp³-hybridized carbons (Fsp3) is 0.235. The van der Waals surface area contributed by atoms with Crippen LogP contribution >= 0.6 is 27.7 Å². The predicted molar refractivity (Wildman–Crippen MR) is 89.5 cm³/mol. The van der Waals surface area contributed by atoms with E-state index in [1.54, 1.807) is 11.8 Å². The van der Waals surface area contributed by atoms with E-state index in [-0.39, 0.29) is 5.78 Å². The second-order valence-electron chi connectivity index (χ2n) is 4.95. The number of thioether (sulfide) groups is 1. The SMILES string of the molecule is Cc1cc(C)cc(CC(=O)CSc2ccc(Br)cc2)c1. The number of carbonyl (C=O) groups excluding carboxylic acids is 1. The van der Waals surface area contributed by atoms with Gasteiger partial charge in [-0.1, -0.05) is 45.3 Å². The fourth-order valence-corrected chi connectivity index (χ4v) is 3.17. The second kappa shape index (κ2) is 7.09. The molecule has 0 unspecified atom stereocenters. The molecule has 3 heteroatoms. The summed E-state index contributed by atoms with van der Waals surface area (Å²) in [7, 11) is 0. The van der Waals surface area contributed by atoms with Gasteiger partial charge in [-0.2, -0.15) is 0 Å². The first kappa shape index (κ1) is 15.3. The van der Waals surface area contributed by atoms with Gasteiger partial charge >= 0.3 is 0 Å². The third-order valence-corrected chi connectivity index (χ3v) is 4.50. The van der Waals surface area contributed by atoms with Crippen LogP contribution in [0.15, 0.2) is 51.8 Å². The summed E-state index contributed by atoms with van der Waals surface area (Å²) in [5.41, 5.74) is 3.55. The molecule has 1 nitrogen and oxygen atoms in total. The number of hydrogen-bond acceptors (Lipinski definition) is 2. The summed E-state index contributed by atoms with van der Waals surface area (Å²) in [5, 5.41) is 0. The Morgan fingerprint density at radius 3 is 2.25 bits per heavy atom. The van der Waals surface area contributed by atoms with Crippen LogP contribution in [0.5, 0.6) is 0 Å². The van der Waals surface area contributed by atoms with Crippen molar-refractivity contribution in [2.75, 3.05) is 5.75 Å². The highest BCUT2D eigenvalue weighted by molar-refractivity contribution is 9.10. The molecule has 2 rings (SSSR count). The molecule has 0 aromatic heterocycles. The minimum atomic E-state index is 0.267. The Labute approximate surface area is 132 Å².